The van der Waals surface area contributed by atoms with Crippen molar-refractivity contribution in [2.45, 2.75) is 37.0 Å². The van der Waals surface area contributed by atoms with Gasteiger partial charge in [0.15, 0.2) is 0 Å². The second-order valence-electron chi connectivity index (χ2n) is 7.95. The highest BCUT2D eigenvalue weighted by atomic mass is 35.5. The SMILES string of the molecule is Cl.NC1CCN(CCNC2CC2c2ccc(-c3cccc(C(F)(F)F)c3)cc2)C1. The van der Waals surface area contributed by atoms with Crippen molar-refractivity contribution < 1.29 is 13.2 Å². The van der Waals surface area contributed by atoms with Gasteiger partial charge in [0.1, 0.15) is 0 Å². The predicted octanol–water partition coefficient (Wildman–Crippen LogP) is 4.27. The Morgan fingerprint density at radius 3 is 2.48 bits per heavy atom. The normalized spacial score (nSPS) is 24.3. The van der Waals surface area contributed by atoms with E-state index in [0.29, 0.717) is 23.6 Å². The minimum atomic E-state index is -4.32. The van der Waals surface area contributed by atoms with E-state index in [4.69, 9.17) is 5.73 Å². The summed E-state index contributed by atoms with van der Waals surface area (Å²) in [5.74, 6) is 0.497. The number of likely N-dealkylation sites (tertiary alicyclic amines) is 1. The number of rotatable bonds is 6. The minimum Gasteiger partial charge on any atom is -0.326 e. The van der Waals surface area contributed by atoms with Crippen molar-refractivity contribution >= 4 is 12.4 Å². The lowest BCUT2D eigenvalue weighted by Crippen LogP contribution is -2.33. The molecule has 0 spiro atoms. The molecule has 3 nitrogen and oxygen atoms in total. The summed E-state index contributed by atoms with van der Waals surface area (Å²) in [5, 5.41) is 3.61. The molecule has 7 heteroatoms. The van der Waals surface area contributed by atoms with Crippen LogP contribution in [-0.4, -0.2) is 43.2 Å². The van der Waals surface area contributed by atoms with Gasteiger partial charge < -0.3 is 16.0 Å². The van der Waals surface area contributed by atoms with Gasteiger partial charge in [0.25, 0.3) is 0 Å². The van der Waals surface area contributed by atoms with Gasteiger partial charge >= 0.3 is 6.18 Å². The number of nitrogens with two attached hydrogens (primary N) is 1. The predicted molar refractivity (Wildman–Crippen MR) is 112 cm³/mol. The average molecular weight is 426 g/mol. The van der Waals surface area contributed by atoms with Crippen LogP contribution in [0.5, 0.6) is 0 Å². The molecule has 1 heterocycles. The minimum absolute atomic E-state index is 0. The van der Waals surface area contributed by atoms with Crippen molar-refractivity contribution in [2.75, 3.05) is 26.2 Å². The smallest absolute Gasteiger partial charge is 0.326 e. The number of hydrogen-bond acceptors (Lipinski definition) is 3. The lowest BCUT2D eigenvalue weighted by atomic mass is 10.0. The molecule has 1 saturated carbocycles. The highest BCUT2D eigenvalue weighted by Crippen LogP contribution is 2.41. The molecule has 1 aliphatic heterocycles. The van der Waals surface area contributed by atoms with Crippen LogP contribution in [0.15, 0.2) is 48.5 Å². The van der Waals surface area contributed by atoms with Crippen LogP contribution in [-0.2, 0) is 6.18 Å². The zero-order valence-electron chi connectivity index (χ0n) is 16.2. The van der Waals surface area contributed by atoms with E-state index in [1.165, 1.54) is 17.7 Å². The number of nitrogens with zero attached hydrogens (tertiary/aromatic N) is 1. The Morgan fingerprint density at radius 2 is 1.83 bits per heavy atom. The van der Waals surface area contributed by atoms with Gasteiger partial charge in [-0.1, -0.05) is 36.4 Å². The third-order valence-corrected chi connectivity index (χ3v) is 5.80. The van der Waals surface area contributed by atoms with Gasteiger partial charge in [-0.05, 0) is 48.2 Å². The largest absolute Gasteiger partial charge is 0.416 e. The standard InChI is InChI=1S/C22H26F3N3.ClH/c23-22(24,25)18-3-1-2-17(12-18)15-4-6-16(7-5-15)20-13-21(20)27-9-11-28-10-8-19(26)14-28;/h1-7,12,19-21,27H,8-11,13-14,26H2;1H. The van der Waals surface area contributed by atoms with Gasteiger partial charge in [-0.2, -0.15) is 13.2 Å². The Balaban J connectivity index is 0.00000240. The van der Waals surface area contributed by atoms with Crippen LogP contribution in [0.4, 0.5) is 13.2 Å². The van der Waals surface area contributed by atoms with Crippen LogP contribution >= 0.6 is 12.4 Å². The van der Waals surface area contributed by atoms with Crippen molar-refractivity contribution in [2.24, 2.45) is 5.73 Å². The van der Waals surface area contributed by atoms with E-state index >= 15 is 0 Å². The zero-order chi connectivity index (χ0) is 19.7. The van der Waals surface area contributed by atoms with E-state index in [1.54, 1.807) is 6.07 Å². The molecule has 3 atom stereocenters. The van der Waals surface area contributed by atoms with Crippen LogP contribution in [0.25, 0.3) is 11.1 Å². The van der Waals surface area contributed by atoms with Crippen LogP contribution in [0, 0.1) is 0 Å². The summed E-state index contributed by atoms with van der Waals surface area (Å²) in [5.41, 5.74) is 7.97. The summed E-state index contributed by atoms with van der Waals surface area (Å²) < 4.78 is 38.7. The van der Waals surface area contributed by atoms with E-state index in [-0.39, 0.29) is 12.4 Å². The molecule has 2 fully saturated rings. The molecular formula is C22H27ClF3N3. The zero-order valence-corrected chi connectivity index (χ0v) is 17.0. The Hall–Kier alpha value is -1.60. The third-order valence-electron chi connectivity index (χ3n) is 5.80. The molecule has 0 amide bonds. The Labute approximate surface area is 175 Å². The number of halogens is 4. The number of benzene rings is 2. The lowest BCUT2D eigenvalue weighted by molar-refractivity contribution is -0.137. The molecule has 0 bridgehead atoms. The molecule has 4 rings (SSSR count). The topological polar surface area (TPSA) is 41.3 Å². The second kappa shape index (κ2) is 9.04. The maximum absolute atomic E-state index is 12.9. The maximum atomic E-state index is 12.9. The second-order valence-corrected chi connectivity index (χ2v) is 7.95. The van der Waals surface area contributed by atoms with Crippen LogP contribution in [0.3, 0.4) is 0 Å². The first-order chi connectivity index (χ1) is 13.4. The lowest BCUT2D eigenvalue weighted by Gasteiger charge is -2.15. The molecule has 29 heavy (non-hydrogen) atoms. The highest BCUT2D eigenvalue weighted by Gasteiger charge is 2.37. The van der Waals surface area contributed by atoms with Gasteiger partial charge in [-0.25, -0.2) is 0 Å². The summed E-state index contributed by atoms with van der Waals surface area (Å²) in [4.78, 5) is 2.40. The summed E-state index contributed by atoms with van der Waals surface area (Å²) in [6.45, 7) is 4.09. The van der Waals surface area contributed by atoms with Gasteiger partial charge in [0.05, 0.1) is 5.56 Å². The van der Waals surface area contributed by atoms with Crippen LogP contribution in [0.2, 0.25) is 0 Å². The molecule has 0 aromatic heterocycles. The van der Waals surface area contributed by atoms with Crippen molar-refractivity contribution in [3.63, 3.8) is 0 Å². The van der Waals surface area contributed by atoms with Crippen LogP contribution < -0.4 is 11.1 Å². The van der Waals surface area contributed by atoms with Crippen molar-refractivity contribution in [3.8, 4) is 11.1 Å². The number of hydrogen-bond donors (Lipinski definition) is 2. The quantitative estimate of drug-likeness (QED) is 0.726. The Kier molecular flexibility index (Phi) is 6.89. The Bertz CT molecular complexity index is 810. The summed E-state index contributed by atoms with van der Waals surface area (Å²) >= 11 is 0. The van der Waals surface area contributed by atoms with Gasteiger partial charge in [0.2, 0.25) is 0 Å². The molecule has 1 aliphatic carbocycles. The van der Waals surface area contributed by atoms with E-state index in [9.17, 15) is 13.2 Å². The first-order valence-corrected chi connectivity index (χ1v) is 9.89. The molecule has 158 valence electrons. The molecule has 2 aromatic carbocycles. The molecular weight excluding hydrogens is 399 g/mol. The highest BCUT2D eigenvalue weighted by molar-refractivity contribution is 5.85. The summed E-state index contributed by atoms with van der Waals surface area (Å²) in [6.07, 6.45) is -2.12. The molecule has 1 saturated heterocycles. The van der Waals surface area contributed by atoms with Crippen molar-refractivity contribution in [1.29, 1.82) is 0 Å². The van der Waals surface area contributed by atoms with E-state index < -0.39 is 11.7 Å². The van der Waals surface area contributed by atoms with E-state index in [1.807, 2.05) is 24.3 Å². The van der Waals surface area contributed by atoms with Crippen molar-refractivity contribution in [3.05, 3.63) is 59.7 Å². The van der Waals surface area contributed by atoms with E-state index in [0.717, 1.165) is 50.7 Å². The summed E-state index contributed by atoms with van der Waals surface area (Å²) in [6, 6.07) is 14.2. The fourth-order valence-corrected chi connectivity index (χ4v) is 4.06. The van der Waals surface area contributed by atoms with Crippen molar-refractivity contribution in [1.82, 2.24) is 10.2 Å². The maximum Gasteiger partial charge on any atom is 0.416 e. The van der Waals surface area contributed by atoms with Gasteiger partial charge in [-0.15, -0.1) is 12.4 Å². The van der Waals surface area contributed by atoms with Gasteiger partial charge in [-0.3, -0.25) is 0 Å². The molecule has 2 aromatic rings. The van der Waals surface area contributed by atoms with Gasteiger partial charge in [0, 0.05) is 37.6 Å². The fourth-order valence-electron chi connectivity index (χ4n) is 4.06. The first-order valence-electron chi connectivity index (χ1n) is 9.89. The molecule has 3 unspecified atom stereocenters. The number of alkyl halides is 3. The van der Waals surface area contributed by atoms with E-state index in [2.05, 4.69) is 10.2 Å². The molecule has 0 radical (unpaired) electrons. The first kappa shape index (κ1) is 22.1. The molecule has 3 N–H and O–H groups in total. The average Bonchev–Trinajstić information content (AvgIpc) is 3.33. The van der Waals surface area contributed by atoms with Crippen LogP contribution in [0.1, 0.15) is 29.9 Å². The summed E-state index contributed by atoms with van der Waals surface area (Å²) in [7, 11) is 0. The fraction of sp³-hybridized carbons (Fsp3) is 0.455. The monoisotopic (exact) mass is 425 g/mol. The third kappa shape index (κ3) is 5.51. The Morgan fingerprint density at radius 1 is 1.07 bits per heavy atom. The number of nitrogens with one attached hydrogen (secondary N) is 1. The molecule has 2 aliphatic rings.